The van der Waals surface area contributed by atoms with E-state index >= 15 is 0 Å². The molecule has 0 atom stereocenters. The van der Waals surface area contributed by atoms with E-state index in [4.69, 9.17) is 9.52 Å². The lowest BCUT2D eigenvalue weighted by molar-refractivity contribution is 0.0690. The fraction of sp³-hybridized carbons (Fsp3) is 0.250. The topological polar surface area (TPSA) is 75.4 Å². The molecular weight excluding hydrogens is 172 g/mol. The van der Waals surface area contributed by atoms with E-state index in [-0.39, 0.29) is 11.7 Å². The largest absolute Gasteiger partial charge is 0.476 e. The third kappa shape index (κ3) is 2.62. The molecule has 0 amide bonds. The second-order valence-corrected chi connectivity index (χ2v) is 2.29. The van der Waals surface area contributed by atoms with Crippen LogP contribution in [0.4, 0.5) is 6.01 Å². The van der Waals surface area contributed by atoms with Gasteiger partial charge in [-0.3, -0.25) is 0 Å². The monoisotopic (exact) mass is 182 g/mol. The van der Waals surface area contributed by atoms with E-state index in [0.717, 1.165) is 6.26 Å². The van der Waals surface area contributed by atoms with Crippen molar-refractivity contribution in [3.05, 3.63) is 24.1 Å². The summed E-state index contributed by atoms with van der Waals surface area (Å²) in [4.78, 5) is 14.1. The van der Waals surface area contributed by atoms with E-state index in [1.165, 1.54) is 0 Å². The summed E-state index contributed by atoms with van der Waals surface area (Å²) in [7, 11) is 0. The Balaban J connectivity index is 2.54. The van der Waals surface area contributed by atoms with Gasteiger partial charge in [-0.15, -0.1) is 0 Å². The summed E-state index contributed by atoms with van der Waals surface area (Å²) in [5, 5.41) is 11.3. The van der Waals surface area contributed by atoms with E-state index in [2.05, 4.69) is 10.3 Å². The van der Waals surface area contributed by atoms with Crippen molar-refractivity contribution >= 4 is 12.0 Å². The van der Waals surface area contributed by atoms with Crippen LogP contribution in [0, 0.1) is 0 Å². The molecular formula is C8H10N2O3. The van der Waals surface area contributed by atoms with Crippen molar-refractivity contribution in [1.82, 2.24) is 4.98 Å². The smallest absolute Gasteiger partial charge is 0.357 e. The molecule has 0 aliphatic heterocycles. The SMILES string of the molecule is C/C=C/CNc1nc(C(=O)O)co1. The Hall–Kier alpha value is -1.78. The Morgan fingerprint density at radius 1 is 1.85 bits per heavy atom. The predicted octanol–water partition coefficient (Wildman–Crippen LogP) is 1.36. The number of aromatic nitrogens is 1. The van der Waals surface area contributed by atoms with Crippen molar-refractivity contribution in [2.24, 2.45) is 0 Å². The fourth-order valence-electron chi connectivity index (χ4n) is 0.717. The molecule has 1 aromatic heterocycles. The number of oxazole rings is 1. The number of carboxylic acids is 1. The van der Waals surface area contributed by atoms with Crippen LogP contribution in [0.15, 0.2) is 22.8 Å². The number of anilines is 1. The summed E-state index contributed by atoms with van der Waals surface area (Å²) in [5.74, 6) is -1.09. The number of allylic oxidation sites excluding steroid dienone is 1. The predicted molar refractivity (Wildman–Crippen MR) is 46.8 cm³/mol. The van der Waals surface area contributed by atoms with Gasteiger partial charge in [0.25, 0.3) is 6.01 Å². The highest BCUT2D eigenvalue weighted by Crippen LogP contribution is 2.06. The van der Waals surface area contributed by atoms with Gasteiger partial charge >= 0.3 is 5.97 Å². The van der Waals surface area contributed by atoms with E-state index in [1.54, 1.807) is 0 Å². The van der Waals surface area contributed by atoms with Crippen molar-refractivity contribution in [2.75, 3.05) is 11.9 Å². The Labute approximate surface area is 75.1 Å². The highest BCUT2D eigenvalue weighted by Gasteiger charge is 2.08. The molecule has 0 aliphatic rings. The summed E-state index contributed by atoms with van der Waals surface area (Å²) in [5.41, 5.74) is -0.0945. The Morgan fingerprint density at radius 3 is 3.15 bits per heavy atom. The second-order valence-electron chi connectivity index (χ2n) is 2.29. The highest BCUT2D eigenvalue weighted by atomic mass is 16.4. The van der Waals surface area contributed by atoms with Crippen LogP contribution in [0.2, 0.25) is 0 Å². The van der Waals surface area contributed by atoms with E-state index in [1.807, 2.05) is 19.1 Å². The standard InChI is InChI=1S/C8H10N2O3/c1-2-3-4-9-8-10-6(5-13-8)7(11)12/h2-3,5H,4H2,1H3,(H,9,10)(H,11,12)/b3-2+. The van der Waals surface area contributed by atoms with Crippen LogP contribution >= 0.6 is 0 Å². The van der Waals surface area contributed by atoms with Crippen LogP contribution in [0.25, 0.3) is 0 Å². The Kier molecular flexibility index (Phi) is 3.08. The zero-order valence-electron chi connectivity index (χ0n) is 7.15. The van der Waals surface area contributed by atoms with Gasteiger partial charge in [0.2, 0.25) is 0 Å². The molecule has 1 rings (SSSR count). The lowest BCUT2D eigenvalue weighted by atomic mass is 10.5. The summed E-state index contributed by atoms with van der Waals surface area (Å²) < 4.78 is 4.84. The van der Waals surface area contributed by atoms with Crippen molar-refractivity contribution in [1.29, 1.82) is 0 Å². The molecule has 0 saturated heterocycles. The van der Waals surface area contributed by atoms with E-state index in [0.29, 0.717) is 6.54 Å². The van der Waals surface area contributed by atoms with Crippen LogP contribution in [0.1, 0.15) is 17.4 Å². The van der Waals surface area contributed by atoms with Gasteiger partial charge in [0.05, 0.1) is 0 Å². The summed E-state index contributed by atoms with van der Waals surface area (Å²) in [6.07, 6.45) is 4.83. The molecule has 0 bridgehead atoms. The molecule has 0 spiro atoms. The Bertz CT molecular complexity index is 317. The summed E-state index contributed by atoms with van der Waals surface area (Å²) in [6, 6.07) is 0.218. The summed E-state index contributed by atoms with van der Waals surface area (Å²) >= 11 is 0. The molecule has 0 aliphatic carbocycles. The average molecular weight is 182 g/mol. The first kappa shape index (κ1) is 9.31. The van der Waals surface area contributed by atoms with Gasteiger partial charge < -0.3 is 14.8 Å². The van der Waals surface area contributed by atoms with E-state index in [9.17, 15) is 4.79 Å². The zero-order valence-corrected chi connectivity index (χ0v) is 7.15. The first-order chi connectivity index (χ1) is 6.24. The number of nitrogens with one attached hydrogen (secondary N) is 1. The van der Waals surface area contributed by atoms with Crippen LogP contribution in [-0.4, -0.2) is 22.6 Å². The molecule has 70 valence electrons. The molecule has 1 heterocycles. The van der Waals surface area contributed by atoms with Gasteiger partial charge in [0, 0.05) is 6.54 Å². The number of carbonyl (C=O) groups is 1. The molecule has 5 nitrogen and oxygen atoms in total. The van der Waals surface area contributed by atoms with Gasteiger partial charge in [-0.1, -0.05) is 12.2 Å². The van der Waals surface area contributed by atoms with Crippen LogP contribution in [0.3, 0.4) is 0 Å². The quantitative estimate of drug-likeness (QED) is 0.687. The lowest BCUT2D eigenvalue weighted by Gasteiger charge is -1.93. The normalized spacial score (nSPS) is 10.5. The van der Waals surface area contributed by atoms with Crippen molar-refractivity contribution in [2.45, 2.75) is 6.92 Å². The van der Waals surface area contributed by atoms with Crippen LogP contribution in [0.5, 0.6) is 0 Å². The number of hydrogen-bond acceptors (Lipinski definition) is 4. The molecule has 1 aromatic rings. The molecule has 0 saturated carbocycles. The maximum Gasteiger partial charge on any atom is 0.357 e. The maximum absolute atomic E-state index is 10.4. The number of nitrogens with zero attached hydrogens (tertiary/aromatic N) is 1. The zero-order chi connectivity index (χ0) is 9.68. The highest BCUT2D eigenvalue weighted by molar-refractivity contribution is 5.85. The molecule has 0 fully saturated rings. The second kappa shape index (κ2) is 4.30. The van der Waals surface area contributed by atoms with Crippen LogP contribution in [-0.2, 0) is 0 Å². The van der Waals surface area contributed by atoms with Crippen molar-refractivity contribution in [3.8, 4) is 0 Å². The minimum absolute atomic E-state index is 0.0945. The van der Waals surface area contributed by atoms with Gasteiger partial charge in [-0.05, 0) is 6.92 Å². The van der Waals surface area contributed by atoms with Gasteiger partial charge in [0.1, 0.15) is 6.26 Å². The van der Waals surface area contributed by atoms with Gasteiger partial charge in [-0.2, -0.15) is 4.98 Å². The number of aromatic carboxylic acids is 1. The van der Waals surface area contributed by atoms with Crippen LogP contribution < -0.4 is 5.32 Å². The molecule has 0 aromatic carbocycles. The third-order valence-electron chi connectivity index (χ3n) is 1.33. The van der Waals surface area contributed by atoms with Crippen molar-refractivity contribution in [3.63, 3.8) is 0 Å². The average Bonchev–Trinajstić information content (AvgIpc) is 2.53. The fourth-order valence-corrected chi connectivity index (χ4v) is 0.717. The molecule has 13 heavy (non-hydrogen) atoms. The lowest BCUT2D eigenvalue weighted by Crippen LogP contribution is -2.00. The first-order valence-corrected chi connectivity index (χ1v) is 3.78. The molecule has 0 radical (unpaired) electrons. The van der Waals surface area contributed by atoms with Crippen molar-refractivity contribution < 1.29 is 14.3 Å². The molecule has 0 unspecified atom stereocenters. The minimum atomic E-state index is -1.09. The summed E-state index contributed by atoms with van der Waals surface area (Å²) in [6.45, 7) is 2.45. The van der Waals surface area contributed by atoms with Gasteiger partial charge in [0.15, 0.2) is 5.69 Å². The Morgan fingerprint density at radius 2 is 2.62 bits per heavy atom. The maximum atomic E-state index is 10.4. The third-order valence-corrected chi connectivity index (χ3v) is 1.33. The number of rotatable bonds is 4. The van der Waals surface area contributed by atoms with Gasteiger partial charge in [-0.25, -0.2) is 4.79 Å². The molecule has 2 N–H and O–H groups in total. The molecule has 5 heteroatoms. The minimum Gasteiger partial charge on any atom is -0.476 e. The van der Waals surface area contributed by atoms with E-state index < -0.39 is 5.97 Å². The number of hydrogen-bond donors (Lipinski definition) is 2. The first-order valence-electron chi connectivity index (χ1n) is 3.78. The number of carboxylic acid groups (broad SMARTS) is 1.